The molecule has 24 heavy (non-hydrogen) atoms. The lowest BCUT2D eigenvalue weighted by Gasteiger charge is -2.27. The van der Waals surface area contributed by atoms with Gasteiger partial charge in [-0.05, 0) is 32.7 Å². The van der Waals surface area contributed by atoms with Crippen LogP contribution >= 0.6 is 11.3 Å². The summed E-state index contributed by atoms with van der Waals surface area (Å²) in [5, 5.41) is 3.49. The smallest absolute Gasteiger partial charge is 0.240 e. The number of hydrogen-bond donors (Lipinski definition) is 1. The number of rotatable bonds is 8. The van der Waals surface area contributed by atoms with Crippen molar-refractivity contribution in [3.8, 4) is 0 Å². The Hall–Kier alpha value is -0.990. The van der Waals surface area contributed by atoms with Gasteiger partial charge in [0, 0.05) is 10.9 Å². The van der Waals surface area contributed by atoms with Crippen LogP contribution in [0.1, 0.15) is 43.7 Å². The summed E-state index contributed by atoms with van der Waals surface area (Å²) in [5.41, 5.74) is 1.01. The Labute approximate surface area is 148 Å². The van der Waals surface area contributed by atoms with Gasteiger partial charge in [0.2, 0.25) is 5.91 Å². The van der Waals surface area contributed by atoms with Gasteiger partial charge in [0.15, 0.2) is 15.0 Å². The van der Waals surface area contributed by atoms with E-state index in [2.05, 4.69) is 17.2 Å². The first-order chi connectivity index (χ1) is 11.3. The molecule has 0 spiro atoms. The predicted octanol–water partition coefficient (Wildman–Crippen LogP) is 2.24. The van der Waals surface area contributed by atoms with Gasteiger partial charge in [0.05, 0.1) is 23.7 Å². The Kier molecular flexibility index (Phi) is 6.77. The SMILES string of the molecule is CCCCN(CC(=O)Nc1nc(CC)c(C)s1)C1CCS(=O)(=O)C1. The summed E-state index contributed by atoms with van der Waals surface area (Å²) in [6.45, 7) is 7.11. The number of hydrogen-bond acceptors (Lipinski definition) is 6. The molecular weight excluding hydrogens is 346 g/mol. The van der Waals surface area contributed by atoms with Crippen molar-refractivity contribution in [2.75, 3.05) is 29.9 Å². The van der Waals surface area contributed by atoms with E-state index in [1.54, 1.807) is 0 Å². The average molecular weight is 374 g/mol. The molecule has 0 aliphatic carbocycles. The van der Waals surface area contributed by atoms with Crippen LogP contribution in [0.25, 0.3) is 0 Å². The molecule has 0 radical (unpaired) electrons. The molecule has 1 fully saturated rings. The standard InChI is InChI=1S/C16H27N3O3S2/c1-4-6-8-19(13-7-9-24(21,22)11-13)10-15(20)18-16-17-14(5-2)12(3)23-16/h13H,4-11H2,1-3H3,(H,17,18,20). The molecule has 8 heteroatoms. The Bertz CT molecular complexity index is 670. The van der Waals surface area contributed by atoms with Crippen molar-refractivity contribution in [2.45, 2.75) is 52.5 Å². The molecular formula is C16H27N3O3S2. The van der Waals surface area contributed by atoms with Crippen molar-refractivity contribution in [1.82, 2.24) is 9.88 Å². The second-order valence-corrected chi connectivity index (χ2v) is 9.74. The number of anilines is 1. The monoisotopic (exact) mass is 373 g/mol. The first kappa shape index (κ1) is 19.3. The van der Waals surface area contributed by atoms with Crippen molar-refractivity contribution in [1.29, 1.82) is 0 Å². The number of aromatic nitrogens is 1. The van der Waals surface area contributed by atoms with E-state index in [-0.39, 0.29) is 30.0 Å². The summed E-state index contributed by atoms with van der Waals surface area (Å²) in [7, 11) is -2.95. The van der Waals surface area contributed by atoms with Crippen molar-refractivity contribution >= 4 is 32.2 Å². The molecule has 1 aliphatic rings. The van der Waals surface area contributed by atoms with Gasteiger partial charge in [-0.3, -0.25) is 9.69 Å². The lowest BCUT2D eigenvalue weighted by atomic mass is 10.2. The van der Waals surface area contributed by atoms with E-state index >= 15 is 0 Å². The molecule has 6 nitrogen and oxygen atoms in total. The highest BCUT2D eigenvalue weighted by Gasteiger charge is 2.32. The van der Waals surface area contributed by atoms with Gasteiger partial charge < -0.3 is 5.32 Å². The number of carbonyl (C=O) groups is 1. The highest BCUT2D eigenvalue weighted by atomic mass is 32.2. The first-order valence-corrected chi connectivity index (χ1v) is 11.2. The molecule has 1 atom stereocenters. The first-order valence-electron chi connectivity index (χ1n) is 8.55. The van der Waals surface area contributed by atoms with E-state index in [4.69, 9.17) is 0 Å². The van der Waals surface area contributed by atoms with Crippen LogP contribution in [-0.2, 0) is 21.1 Å². The van der Waals surface area contributed by atoms with Crippen molar-refractivity contribution < 1.29 is 13.2 Å². The number of nitrogens with one attached hydrogen (secondary N) is 1. The van der Waals surface area contributed by atoms with E-state index in [0.717, 1.165) is 36.4 Å². The molecule has 136 valence electrons. The van der Waals surface area contributed by atoms with Crippen LogP contribution < -0.4 is 5.32 Å². The highest BCUT2D eigenvalue weighted by molar-refractivity contribution is 7.91. The Balaban J connectivity index is 1.98. The molecule has 1 amide bonds. The normalized spacial score (nSPS) is 19.8. The van der Waals surface area contributed by atoms with Gasteiger partial charge in [0.1, 0.15) is 0 Å². The summed E-state index contributed by atoms with van der Waals surface area (Å²) < 4.78 is 23.5. The van der Waals surface area contributed by atoms with E-state index < -0.39 is 9.84 Å². The molecule has 2 heterocycles. The van der Waals surface area contributed by atoms with Crippen LogP contribution in [0.15, 0.2) is 0 Å². The molecule has 1 saturated heterocycles. The third-order valence-corrected chi connectivity index (χ3v) is 7.02. The maximum Gasteiger partial charge on any atom is 0.240 e. The maximum absolute atomic E-state index is 12.4. The lowest BCUT2D eigenvalue weighted by molar-refractivity contribution is -0.117. The number of thiazole rings is 1. The van der Waals surface area contributed by atoms with Crippen LogP contribution in [-0.4, -0.2) is 54.8 Å². The summed E-state index contributed by atoms with van der Waals surface area (Å²) in [5.74, 6) is 0.278. The fraction of sp³-hybridized carbons (Fsp3) is 0.750. The van der Waals surface area contributed by atoms with Gasteiger partial charge in [0.25, 0.3) is 0 Å². The second kappa shape index (κ2) is 8.40. The van der Waals surface area contributed by atoms with Crippen LogP contribution in [0.4, 0.5) is 5.13 Å². The third kappa shape index (κ3) is 5.26. The molecule has 0 saturated carbocycles. The molecule has 1 unspecified atom stereocenters. The molecule has 0 aromatic carbocycles. The topological polar surface area (TPSA) is 79.4 Å². The van der Waals surface area contributed by atoms with Crippen molar-refractivity contribution in [3.63, 3.8) is 0 Å². The van der Waals surface area contributed by atoms with E-state index in [9.17, 15) is 13.2 Å². The summed E-state index contributed by atoms with van der Waals surface area (Å²) in [4.78, 5) is 19.9. The Morgan fingerprint density at radius 1 is 1.42 bits per heavy atom. The Morgan fingerprint density at radius 3 is 2.71 bits per heavy atom. The summed E-state index contributed by atoms with van der Waals surface area (Å²) in [6.07, 6.45) is 3.44. The van der Waals surface area contributed by atoms with Crippen LogP contribution in [0, 0.1) is 6.92 Å². The minimum Gasteiger partial charge on any atom is -0.301 e. The molecule has 1 aliphatic heterocycles. The van der Waals surface area contributed by atoms with E-state index in [1.165, 1.54) is 11.3 Å². The zero-order valence-electron chi connectivity index (χ0n) is 14.7. The average Bonchev–Trinajstić information content (AvgIpc) is 3.05. The number of sulfone groups is 1. The zero-order valence-corrected chi connectivity index (χ0v) is 16.3. The fourth-order valence-corrected chi connectivity index (χ4v) is 5.65. The van der Waals surface area contributed by atoms with E-state index in [0.29, 0.717) is 11.6 Å². The summed E-state index contributed by atoms with van der Waals surface area (Å²) >= 11 is 1.49. The van der Waals surface area contributed by atoms with E-state index in [1.807, 2.05) is 18.7 Å². The number of nitrogens with zero attached hydrogens (tertiary/aromatic N) is 2. The minimum atomic E-state index is -2.95. The Morgan fingerprint density at radius 2 is 2.17 bits per heavy atom. The minimum absolute atomic E-state index is 0.0449. The maximum atomic E-state index is 12.4. The lowest BCUT2D eigenvalue weighted by Crippen LogP contribution is -2.42. The van der Waals surface area contributed by atoms with Gasteiger partial charge in [-0.25, -0.2) is 13.4 Å². The number of amides is 1. The second-order valence-electron chi connectivity index (χ2n) is 6.30. The van der Waals surface area contributed by atoms with Crippen molar-refractivity contribution in [2.24, 2.45) is 0 Å². The highest BCUT2D eigenvalue weighted by Crippen LogP contribution is 2.23. The van der Waals surface area contributed by atoms with Gasteiger partial charge in [-0.1, -0.05) is 20.3 Å². The fourth-order valence-electron chi connectivity index (χ4n) is 2.97. The van der Waals surface area contributed by atoms with Crippen LogP contribution in [0.2, 0.25) is 0 Å². The molecule has 1 aromatic heterocycles. The quantitative estimate of drug-likeness (QED) is 0.756. The number of aryl methyl sites for hydroxylation is 2. The molecule has 1 N–H and O–H groups in total. The van der Waals surface area contributed by atoms with Crippen LogP contribution in [0.3, 0.4) is 0 Å². The molecule has 1 aromatic rings. The zero-order chi connectivity index (χ0) is 17.7. The van der Waals surface area contributed by atoms with Gasteiger partial charge >= 0.3 is 0 Å². The number of carbonyl (C=O) groups excluding carboxylic acids is 1. The number of unbranched alkanes of at least 4 members (excludes halogenated alkanes) is 1. The predicted molar refractivity (Wildman–Crippen MR) is 98.4 cm³/mol. The van der Waals surface area contributed by atoms with Crippen molar-refractivity contribution in [3.05, 3.63) is 10.6 Å². The van der Waals surface area contributed by atoms with Gasteiger partial charge in [-0.15, -0.1) is 11.3 Å². The summed E-state index contributed by atoms with van der Waals surface area (Å²) in [6, 6.07) is -0.0449. The molecule has 0 bridgehead atoms. The molecule has 2 rings (SSSR count). The third-order valence-electron chi connectivity index (χ3n) is 4.34. The van der Waals surface area contributed by atoms with Gasteiger partial charge in [-0.2, -0.15) is 0 Å². The van der Waals surface area contributed by atoms with Crippen LogP contribution in [0.5, 0.6) is 0 Å². The largest absolute Gasteiger partial charge is 0.301 e.